The van der Waals surface area contributed by atoms with Crippen LogP contribution in [-0.2, 0) is 0 Å². The van der Waals surface area contributed by atoms with Crippen LogP contribution in [0, 0.1) is 46.8 Å². The second-order valence-corrected chi connectivity index (χ2v) is 9.72. The van der Waals surface area contributed by atoms with Gasteiger partial charge in [-0.3, -0.25) is 0 Å². The lowest BCUT2D eigenvalue weighted by Gasteiger charge is -2.62. The van der Waals surface area contributed by atoms with Gasteiger partial charge < -0.3 is 15.3 Å². The van der Waals surface area contributed by atoms with Crippen LogP contribution in [0.1, 0.15) is 65.2 Å². The molecule has 4 aliphatic carbocycles. The summed E-state index contributed by atoms with van der Waals surface area (Å²) >= 11 is 0. The summed E-state index contributed by atoms with van der Waals surface area (Å²) in [5.41, 5.74) is -1.05. The van der Waals surface area contributed by atoms with Crippen molar-refractivity contribution in [3.8, 4) is 12.3 Å². The molecule has 3 heteroatoms. The third-order valence-electron chi connectivity index (χ3n) is 9.05. The van der Waals surface area contributed by atoms with Crippen LogP contribution >= 0.6 is 0 Å². The predicted octanol–water partition coefficient (Wildman–Crippen LogP) is 2.73. The van der Waals surface area contributed by atoms with Gasteiger partial charge in [-0.15, -0.1) is 6.42 Å². The Hall–Kier alpha value is -0.560. The van der Waals surface area contributed by atoms with Crippen LogP contribution in [0.5, 0.6) is 0 Å². The van der Waals surface area contributed by atoms with Crippen LogP contribution in [0.4, 0.5) is 0 Å². The Kier molecular flexibility index (Phi) is 3.67. The molecule has 9 atom stereocenters. The number of aliphatic hydroxyl groups is 3. The lowest BCUT2D eigenvalue weighted by molar-refractivity contribution is -0.183. The minimum Gasteiger partial charge on any atom is -0.393 e. The van der Waals surface area contributed by atoms with Crippen molar-refractivity contribution in [1.29, 1.82) is 0 Å². The second-order valence-electron chi connectivity index (χ2n) is 9.72. The first-order chi connectivity index (χ1) is 11.2. The van der Waals surface area contributed by atoms with Gasteiger partial charge in [-0.2, -0.15) is 0 Å². The van der Waals surface area contributed by atoms with Crippen LogP contribution in [0.15, 0.2) is 0 Å². The number of hydrogen-bond acceptors (Lipinski definition) is 3. The summed E-state index contributed by atoms with van der Waals surface area (Å²) in [5, 5.41) is 32.1. The molecule has 0 aromatic heterocycles. The van der Waals surface area contributed by atoms with Gasteiger partial charge in [0.25, 0.3) is 0 Å². The number of fused-ring (bicyclic) bond motifs is 5. The molecule has 0 radical (unpaired) electrons. The molecule has 0 spiro atoms. The molecule has 0 saturated heterocycles. The molecule has 0 aromatic carbocycles. The number of hydrogen-bond donors (Lipinski definition) is 3. The molecule has 134 valence electrons. The first-order valence-corrected chi connectivity index (χ1v) is 9.81. The fourth-order valence-corrected chi connectivity index (χ4v) is 7.46. The Balaban J connectivity index is 1.69. The highest BCUT2D eigenvalue weighted by Crippen LogP contribution is 2.68. The number of rotatable bonds is 0. The topological polar surface area (TPSA) is 60.7 Å². The Bertz CT molecular complexity index is 568. The molecule has 0 bridgehead atoms. The van der Waals surface area contributed by atoms with E-state index < -0.39 is 5.60 Å². The van der Waals surface area contributed by atoms with E-state index in [1.807, 2.05) is 0 Å². The van der Waals surface area contributed by atoms with Crippen molar-refractivity contribution in [2.75, 3.05) is 0 Å². The second kappa shape index (κ2) is 5.22. The minimum absolute atomic E-state index is 0.196. The summed E-state index contributed by atoms with van der Waals surface area (Å²) in [4.78, 5) is 0. The molecular formula is C21H32O3. The Morgan fingerprint density at radius 1 is 0.958 bits per heavy atom. The zero-order valence-electron chi connectivity index (χ0n) is 15.0. The highest BCUT2D eigenvalue weighted by molar-refractivity contribution is 5.24. The summed E-state index contributed by atoms with van der Waals surface area (Å²) in [6, 6.07) is 0. The van der Waals surface area contributed by atoms with Crippen molar-refractivity contribution in [2.24, 2.45) is 34.5 Å². The maximum Gasteiger partial charge on any atom is 0.130 e. The Morgan fingerprint density at radius 3 is 2.38 bits per heavy atom. The predicted molar refractivity (Wildman–Crippen MR) is 92.9 cm³/mol. The summed E-state index contributed by atoms with van der Waals surface area (Å²) in [6.45, 7) is 4.56. The van der Waals surface area contributed by atoms with E-state index in [-0.39, 0.29) is 29.0 Å². The number of terminal acetylenes is 1. The van der Waals surface area contributed by atoms with E-state index in [1.54, 1.807) is 0 Å². The van der Waals surface area contributed by atoms with Crippen molar-refractivity contribution in [2.45, 2.75) is 83.0 Å². The average Bonchev–Trinajstić information content (AvgIpc) is 2.82. The quantitative estimate of drug-likeness (QED) is 0.598. The maximum absolute atomic E-state index is 11.0. The van der Waals surface area contributed by atoms with Gasteiger partial charge in [-0.25, -0.2) is 0 Å². The monoisotopic (exact) mass is 332 g/mol. The minimum atomic E-state index is -1.01. The molecule has 0 amide bonds. The van der Waals surface area contributed by atoms with Gasteiger partial charge >= 0.3 is 0 Å². The lowest BCUT2D eigenvalue weighted by Crippen LogP contribution is -2.60. The van der Waals surface area contributed by atoms with E-state index in [0.29, 0.717) is 24.2 Å². The molecule has 3 nitrogen and oxygen atoms in total. The van der Waals surface area contributed by atoms with Crippen molar-refractivity contribution < 1.29 is 15.3 Å². The van der Waals surface area contributed by atoms with E-state index in [4.69, 9.17) is 6.42 Å². The molecule has 0 unspecified atom stereocenters. The summed E-state index contributed by atoms with van der Waals surface area (Å²) in [6.07, 6.45) is 12.4. The fourth-order valence-electron chi connectivity index (χ4n) is 7.46. The first-order valence-electron chi connectivity index (χ1n) is 9.81. The van der Waals surface area contributed by atoms with Gasteiger partial charge in [0.05, 0.1) is 12.2 Å². The highest BCUT2D eigenvalue weighted by atomic mass is 16.3. The summed E-state index contributed by atoms with van der Waals surface area (Å²) < 4.78 is 0. The van der Waals surface area contributed by atoms with Gasteiger partial charge in [-0.1, -0.05) is 19.8 Å². The van der Waals surface area contributed by atoms with Gasteiger partial charge in [0, 0.05) is 5.41 Å². The average molecular weight is 332 g/mol. The van der Waals surface area contributed by atoms with E-state index >= 15 is 0 Å². The Labute approximate surface area is 145 Å². The molecule has 4 fully saturated rings. The van der Waals surface area contributed by atoms with Crippen LogP contribution in [0.3, 0.4) is 0 Å². The fraction of sp³-hybridized carbons (Fsp3) is 0.905. The SMILES string of the molecule is C#C[C@]1(O)CC[C@H]2[C@@H]3[C@H](O)C[C@H]4C[C@H](O)CC[C@]4(C)[C@H]3CC[C@@]21C. The molecular weight excluding hydrogens is 300 g/mol. The smallest absolute Gasteiger partial charge is 0.130 e. The molecule has 4 rings (SSSR count). The van der Waals surface area contributed by atoms with Crippen LogP contribution in [0.25, 0.3) is 0 Å². The maximum atomic E-state index is 11.0. The lowest BCUT2D eigenvalue weighted by atomic mass is 9.43. The zero-order chi connectivity index (χ0) is 17.3. The first kappa shape index (κ1) is 16.9. The van der Waals surface area contributed by atoms with E-state index in [0.717, 1.165) is 44.9 Å². The molecule has 0 aromatic rings. The largest absolute Gasteiger partial charge is 0.393 e. The standard InChI is InChI=1S/C21H32O3/c1-4-21(24)10-7-16-18-15(6-9-20(16,21)3)19(2)8-5-14(22)11-13(19)12-17(18)23/h1,13-18,22-24H,5-12H2,2-3H3/t13-,14-,15+,16+,17-,18-,19+,20+,21+/m1/s1. The van der Waals surface area contributed by atoms with E-state index in [9.17, 15) is 15.3 Å². The summed E-state index contributed by atoms with van der Waals surface area (Å²) in [7, 11) is 0. The third-order valence-corrected chi connectivity index (χ3v) is 9.05. The molecule has 0 aliphatic heterocycles. The van der Waals surface area contributed by atoms with Crippen molar-refractivity contribution >= 4 is 0 Å². The molecule has 4 aliphatic rings. The van der Waals surface area contributed by atoms with Crippen molar-refractivity contribution in [1.82, 2.24) is 0 Å². The van der Waals surface area contributed by atoms with E-state index in [1.165, 1.54) is 0 Å². The highest BCUT2D eigenvalue weighted by Gasteiger charge is 2.66. The number of aliphatic hydroxyl groups excluding tert-OH is 2. The van der Waals surface area contributed by atoms with E-state index in [2.05, 4.69) is 19.8 Å². The molecule has 3 N–H and O–H groups in total. The zero-order valence-corrected chi connectivity index (χ0v) is 15.0. The normalized spacial score (nSPS) is 59.8. The van der Waals surface area contributed by atoms with Gasteiger partial charge in [0.1, 0.15) is 5.60 Å². The van der Waals surface area contributed by atoms with Crippen LogP contribution < -0.4 is 0 Å². The van der Waals surface area contributed by atoms with Crippen molar-refractivity contribution in [3.63, 3.8) is 0 Å². The van der Waals surface area contributed by atoms with Gasteiger partial charge in [-0.05, 0) is 80.5 Å². The van der Waals surface area contributed by atoms with Crippen molar-refractivity contribution in [3.05, 3.63) is 0 Å². The third kappa shape index (κ3) is 1.97. The van der Waals surface area contributed by atoms with Gasteiger partial charge in [0.2, 0.25) is 0 Å². The van der Waals surface area contributed by atoms with Crippen LogP contribution in [-0.4, -0.2) is 33.1 Å². The van der Waals surface area contributed by atoms with Gasteiger partial charge in [0.15, 0.2) is 0 Å². The Morgan fingerprint density at radius 2 is 1.67 bits per heavy atom. The summed E-state index contributed by atoms with van der Waals surface area (Å²) in [5.74, 6) is 4.19. The van der Waals surface area contributed by atoms with Crippen LogP contribution in [0.2, 0.25) is 0 Å². The molecule has 4 saturated carbocycles. The molecule has 24 heavy (non-hydrogen) atoms. The molecule has 0 heterocycles.